The lowest BCUT2D eigenvalue weighted by Gasteiger charge is -2.40. The number of aromatic nitrogens is 1. The third kappa shape index (κ3) is 3.19. The fourth-order valence-corrected chi connectivity index (χ4v) is 4.68. The lowest BCUT2D eigenvalue weighted by Crippen LogP contribution is -2.34. The number of benzene rings is 1. The number of nitrogens with zero attached hydrogens (tertiary/aromatic N) is 2. The van der Waals surface area contributed by atoms with E-state index in [1.807, 2.05) is 19.9 Å². The number of nitrogen functional groups attached to an aromatic ring is 1. The van der Waals surface area contributed by atoms with E-state index in [0.717, 1.165) is 11.3 Å². The molecule has 0 fully saturated rings. The van der Waals surface area contributed by atoms with Crippen molar-refractivity contribution in [3.63, 3.8) is 0 Å². The molecule has 1 aliphatic heterocycles. The monoisotopic (exact) mass is 442 g/mol. The molecule has 4 rings (SSSR count). The zero-order valence-electron chi connectivity index (χ0n) is 16.8. The lowest BCUT2D eigenvalue weighted by molar-refractivity contribution is -0.118. The number of rotatable bonds is 2. The molecule has 1 aromatic heterocycles. The molecule has 0 radical (unpaired) electrons. The van der Waals surface area contributed by atoms with Crippen LogP contribution < -0.4 is 15.8 Å². The molecular formula is C22H20Cl2N4O2. The average molecular weight is 443 g/mol. The SMILES string of the molecule is COc1nc(N)c2c(c1C#N)NC1=C(C(=O)CC(C)(C)C1)[C@@H]2c1ccc(Cl)c(Cl)c1. The van der Waals surface area contributed by atoms with Crippen molar-refractivity contribution in [2.24, 2.45) is 5.41 Å². The number of nitrogens with one attached hydrogen (secondary N) is 1. The van der Waals surface area contributed by atoms with Gasteiger partial charge in [-0.1, -0.05) is 43.1 Å². The summed E-state index contributed by atoms with van der Waals surface area (Å²) in [4.78, 5) is 17.6. The number of halogens is 2. The van der Waals surface area contributed by atoms with E-state index >= 15 is 0 Å². The normalized spacial score (nSPS) is 19.5. The van der Waals surface area contributed by atoms with Crippen LogP contribution in [0.4, 0.5) is 11.5 Å². The highest BCUT2D eigenvalue weighted by molar-refractivity contribution is 6.42. The Morgan fingerprint density at radius 2 is 2.03 bits per heavy atom. The predicted molar refractivity (Wildman–Crippen MR) is 117 cm³/mol. The lowest BCUT2D eigenvalue weighted by atomic mass is 9.68. The van der Waals surface area contributed by atoms with Gasteiger partial charge < -0.3 is 15.8 Å². The van der Waals surface area contributed by atoms with Gasteiger partial charge in [0.25, 0.3) is 0 Å². The molecule has 2 aliphatic rings. The molecule has 0 saturated carbocycles. The Morgan fingerprint density at radius 3 is 2.67 bits per heavy atom. The molecule has 2 heterocycles. The number of ether oxygens (including phenoxy) is 1. The summed E-state index contributed by atoms with van der Waals surface area (Å²) >= 11 is 12.4. The van der Waals surface area contributed by atoms with Crippen molar-refractivity contribution in [3.8, 4) is 11.9 Å². The second-order valence-corrected chi connectivity index (χ2v) is 9.16. The first kappa shape index (κ1) is 20.5. The van der Waals surface area contributed by atoms with Crippen molar-refractivity contribution < 1.29 is 9.53 Å². The van der Waals surface area contributed by atoms with Crippen LogP contribution in [0.25, 0.3) is 0 Å². The zero-order valence-corrected chi connectivity index (χ0v) is 18.3. The summed E-state index contributed by atoms with van der Waals surface area (Å²) in [7, 11) is 1.44. The highest BCUT2D eigenvalue weighted by Gasteiger charge is 2.43. The average Bonchev–Trinajstić information content (AvgIpc) is 2.67. The van der Waals surface area contributed by atoms with Gasteiger partial charge in [-0.3, -0.25) is 4.79 Å². The summed E-state index contributed by atoms with van der Waals surface area (Å²) in [5, 5.41) is 13.9. The molecule has 154 valence electrons. The number of nitriles is 1. The first-order chi connectivity index (χ1) is 14.2. The minimum atomic E-state index is -0.514. The number of nitrogens with two attached hydrogens (primary N) is 1. The van der Waals surface area contributed by atoms with Crippen molar-refractivity contribution in [1.82, 2.24) is 4.98 Å². The van der Waals surface area contributed by atoms with Gasteiger partial charge in [-0.25, -0.2) is 0 Å². The minimum absolute atomic E-state index is 0.0317. The molecule has 30 heavy (non-hydrogen) atoms. The molecule has 1 aliphatic carbocycles. The topological polar surface area (TPSA) is 101 Å². The van der Waals surface area contributed by atoms with Crippen LogP contribution in [0.2, 0.25) is 10.0 Å². The van der Waals surface area contributed by atoms with E-state index in [2.05, 4.69) is 16.4 Å². The fourth-order valence-electron chi connectivity index (χ4n) is 4.37. The van der Waals surface area contributed by atoms with Gasteiger partial charge in [0, 0.05) is 29.2 Å². The van der Waals surface area contributed by atoms with Gasteiger partial charge in [0.15, 0.2) is 5.78 Å². The Hall–Kier alpha value is -2.75. The Balaban J connectivity index is 2.05. The molecule has 0 saturated heterocycles. The van der Waals surface area contributed by atoms with Crippen LogP contribution in [-0.4, -0.2) is 17.9 Å². The molecule has 3 N–H and O–H groups in total. The summed E-state index contributed by atoms with van der Waals surface area (Å²) in [5.41, 5.74) is 9.61. The summed E-state index contributed by atoms with van der Waals surface area (Å²) in [6.45, 7) is 4.10. The van der Waals surface area contributed by atoms with Gasteiger partial charge >= 0.3 is 0 Å². The van der Waals surface area contributed by atoms with Crippen LogP contribution in [0.15, 0.2) is 29.5 Å². The number of hydrogen-bond acceptors (Lipinski definition) is 6. The van der Waals surface area contributed by atoms with Crippen LogP contribution >= 0.6 is 23.2 Å². The summed E-state index contributed by atoms with van der Waals surface area (Å²) in [5.74, 6) is -0.155. The molecule has 0 unspecified atom stereocenters. The number of allylic oxidation sites excluding steroid dienone is 2. The number of anilines is 2. The van der Waals surface area contributed by atoms with Crippen molar-refractivity contribution in [1.29, 1.82) is 5.26 Å². The summed E-state index contributed by atoms with van der Waals surface area (Å²) < 4.78 is 5.28. The van der Waals surface area contributed by atoms with Gasteiger partial charge in [0.2, 0.25) is 5.88 Å². The smallest absolute Gasteiger partial charge is 0.235 e. The van der Waals surface area contributed by atoms with E-state index in [1.165, 1.54) is 7.11 Å². The minimum Gasteiger partial charge on any atom is -0.480 e. The molecule has 0 bridgehead atoms. The van der Waals surface area contributed by atoms with E-state index in [9.17, 15) is 10.1 Å². The van der Waals surface area contributed by atoms with Gasteiger partial charge in [-0.2, -0.15) is 10.2 Å². The van der Waals surface area contributed by atoms with E-state index in [-0.39, 0.29) is 28.5 Å². The Bertz CT molecular complexity index is 1160. The maximum absolute atomic E-state index is 13.3. The third-order valence-electron chi connectivity index (χ3n) is 5.59. The molecule has 8 heteroatoms. The second kappa shape index (κ2) is 7.19. The number of fused-ring (bicyclic) bond motifs is 1. The van der Waals surface area contributed by atoms with Gasteiger partial charge in [0.05, 0.1) is 22.8 Å². The highest BCUT2D eigenvalue weighted by Crippen LogP contribution is 2.52. The molecule has 2 aromatic rings. The number of Topliss-reactive ketones (excluding diaryl/α,β-unsaturated/α-hetero) is 1. The van der Waals surface area contributed by atoms with Crippen molar-refractivity contribution in [3.05, 3.63) is 56.2 Å². The second-order valence-electron chi connectivity index (χ2n) is 8.35. The van der Waals surface area contributed by atoms with Crippen LogP contribution in [0, 0.1) is 16.7 Å². The number of carbonyl (C=O) groups excluding carboxylic acids is 1. The van der Waals surface area contributed by atoms with Crippen molar-refractivity contribution in [2.75, 3.05) is 18.2 Å². The highest BCUT2D eigenvalue weighted by atomic mass is 35.5. The molecule has 6 nitrogen and oxygen atoms in total. The zero-order chi connectivity index (χ0) is 21.8. The van der Waals surface area contributed by atoms with E-state index in [1.54, 1.807) is 12.1 Å². The van der Waals surface area contributed by atoms with Crippen molar-refractivity contribution in [2.45, 2.75) is 32.6 Å². The van der Waals surface area contributed by atoms with Crippen LogP contribution in [0.1, 0.15) is 49.3 Å². The first-order valence-electron chi connectivity index (χ1n) is 9.42. The first-order valence-corrected chi connectivity index (χ1v) is 10.2. The standard InChI is InChI=1S/C22H20Cl2N4O2/c1-22(2)7-14-17(15(29)8-22)16(10-4-5-12(23)13(24)6-10)18-19(27-14)11(9-25)21(30-3)28-20(18)26/h4-6,16,27H,7-8H2,1-3H3,(H2,26,28)/t16-/m0/s1. The maximum Gasteiger partial charge on any atom is 0.235 e. The largest absolute Gasteiger partial charge is 0.480 e. The van der Waals surface area contributed by atoms with E-state index < -0.39 is 5.92 Å². The summed E-state index contributed by atoms with van der Waals surface area (Å²) in [6.07, 6.45) is 1.07. The van der Waals surface area contributed by atoms with E-state index in [0.29, 0.717) is 39.7 Å². The van der Waals surface area contributed by atoms with Crippen LogP contribution in [-0.2, 0) is 4.79 Å². The van der Waals surface area contributed by atoms with Crippen LogP contribution in [0.3, 0.4) is 0 Å². The van der Waals surface area contributed by atoms with Crippen molar-refractivity contribution >= 4 is 40.5 Å². The Kier molecular flexibility index (Phi) is 4.92. The number of pyridine rings is 1. The number of methoxy groups -OCH3 is 1. The Labute approximate surface area is 184 Å². The maximum atomic E-state index is 13.3. The molecule has 0 spiro atoms. The predicted octanol–water partition coefficient (Wildman–Crippen LogP) is 5.05. The number of ketones is 1. The number of hydrogen-bond donors (Lipinski definition) is 2. The third-order valence-corrected chi connectivity index (χ3v) is 6.33. The summed E-state index contributed by atoms with van der Waals surface area (Å²) in [6, 6.07) is 7.41. The van der Waals surface area contributed by atoms with Gasteiger partial charge in [0.1, 0.15) is 17.5 Å². The van der Waals surface area contributed by atoms with Gasteiger partial charge in [-0.05, 0) is 29.5 Å². The fraction of sp³-hybridized carbons (Fsp3) is 0.318. The van der Waals surface area contributed by atoms with Gasteiger partial charge in [-0.15, -0.1) is 0 Å². The molecule has 1 aromatic carbocycles. The van der Waals surface area contributed by atoms with E-state index in [4.69, 9.17) is 33.7 Å². The Morgan fingerprint density at radius 1 is 1.30 bits per heavy atom. The molecule has 1 atom stereocenters. The van der Waals surface area contributed by atoms with Crippen LogP contribution in [0.5, 0.6) is 5.88 Å². The molecular weight excluding hydrogens is 423 g/mol. The number of carbonyl (C=O) groups is 1. The quantitative estimate of drug-likeness (QED) is 0.674. The molecule has 0 amide bonds.